The van der Waals surface area contributed by atoms with Crippen LogP contribution >= 0.6 is 15.9 Å². The summed E-state index contributed by atoms with van der Waals surface area (Å²) in [5.41, 5.74) is 3.24. The molecule has 1 saturated carbocycles. The fraction of sp³-hybridized carbons (Fsp3) is 0.308. The maximum atomic E-state index is 8.92. The summed E-state index contributed by atoms with van der Waals surface area (Å²) in [4.78, 5) is 12.1. The summed E-state index contributed by atoms with van der Waals surface area (Å²) in [6.07, 6.45) is 5.83. The Hall–Kier alpha value is -1.67. The average molecular weight is 303 g/mol. The summed E-state index contributed by atoms with van der Waals surface area (Å²) in [5.74, 6) is 0.684. The van der Waals surface area contributed by atoms with Crippen LogP contribution in [-0.4, -0.2) is 15.0 Å². The summed E-state index contributed by atoms with van der Waals surface area (Å²) in [6, 6.07) is 5.59. The molecule has 1 fully saturated rings. The van der Waals surface area contributed by atoms with E-state index >= 15 is 0 Å². The molecule has 4 nitrogen and oxygen atoms in total. The van der Waals surface area contributed by atoms with E-state index in [0.717, 1.165) is 17.1 Å². The van der Waals surface area contributed by atoms with Gasteiger partial charge in [0, 0.05) is 6.20 Å². The summed E-state index contributed by atoms with van der Waals surface area (Å²) in [6.45, 7) is 0. The number of aromatic amines is 1. The number of nitriles is 1. The Morgan fingerprint density at radius 1 is 1.44 bits per heavy atom. The van der Waals surface area contributed by atoms with Gasteiger partial charge in [-0.25, -0.2) is 4.98 Å². The summed E-state index contributed by atoms with van der Waals surface area (Å²) in [7, 11) is 0. The molecule has 0 radical (unpaired) electrons. The zero-order valence-corrected chi connectivity index (χ0v) is 11.2. The Bertz CT molecular complexity index is 609. The number of rotatable bonds is 3. The Kier molecular flexibility index (Phi) is 2.88. The van der Waals surface area contributed by atoms with Crippen molar-refractivity contribution in [3.05, 3.63) is 35.9 Å². The minimum atomic E-state index is 0.294. The minimum absolute atomic E-state index is 0.294. The van der Waals surface area contributed by atoms with Gasteiger partial charge in [-0.2, -0.15) is 5.26 Å². The lowest BCUT2D eigenvalue weighted by Crippen LogP contribution is -1.96. The molecule has 1 aliphatic carbocycles. The van der Waals surface area contributed by atoms with Crippen LogP contribution in [0.15, 0.2) is 24.7 Å². The van der Waals surface area contributed by atoms with E-state index in [0.29, 0.717) is 16.3 Å². The Labute approximate surface area is 113 Å². The molecule has 0 spiro atoms. The Morgan fingerprint density at radius 2 is 2.28 bits per heavy atom. The van der Waals surface area contributed by atoms with Crippen molar-refractivity contribution < 1.29 is 0 Å². The van der Waals surface area contributed by atoms with Gasteiger partial charge in [0.15, 0.2) is 0 Å². The topological polar surface area (TPSA) is 65.4 Å². The van der Waals surface area contributed by atoms with Gasteiger partial charge in [-0.1, -0.05) is 15.9 Å². The van der Waals surface area contributed by atoms with Crippen molar-refractivity contribution in [3.63, 3.8) is 0 Å². The normalized spacial score (nSPS) is 16.2. The van der Waals surface area contributed by atoms with E-state index in [4.69, 9.17) is 5.26 Å². The van der Waals surface area contributed by atoms with Crippen LogP contribution in [0.1, 0.15) is 28.9 Å². The number of imidazole rings is 1. The number of H-pyrrole nitrogens is 1. The smallest absolute Gasteiger partial charge is 0.111 e. The zero-order chi connectivity index (χ0) is 12.5. The van der Waals surface area contributed by atoms with E-state index < -0.39 is 0 Å². The molecule has 0 aromatic carbocycles. The van der Waals surface area contributed by atoms with Gasteiger partial charge >= 0.3 is 0 Å². The van der Waals surface area contributed by atoms with Gasteiger partial charge in [0.2, 0.25) is 0 Å². The van der Waals surface area contributed by atoms with Crippen molar-refractivity contribution in [1.82, 2.24) is 15.0 Å². The molecule has 0 bridgehead atoms. The van der Waals surface area contributed by atoms with E-state index in [1.165, 1.54) is 12.8 Å². The van der Waals surface area contributed by atoms with Crippen molar-refractivity contribution in [3.8, 4) is 17.5 Å². The molecule has 5 heteroatoms. The lowest BCUT2D eigenvalue weighted by molar-refractivity contribution is 0.802. The number of aromatic nitrogens is 3. The highest BCUT2D eigenvalue weighted by atomic mass is 79.9. The van der Waals surface area contributed by atoms with Crippen LogP contribution in [0.2, 0.25) is 0 Å². The summed E-state index contributed by atoms with van der Waals surface area (Å²) < 4.78 is 0. The van der Waals surface area contributed by atoms with Gasteiger partial charge in [0.25, 0.3) is 0 Å². The van der Waals surface area contributed by atoms with Gasteiger partial charge in [-0.15, -0.1) is 0 Å². The van der Waals surface area contributed by atoms with Crippen molar-refractivity contribution in [2.24, 2.45) is 5.92 Å². The van der Waals surface area contributed by atoms with E-state index in [2.05, 4.69) is 37.0 Å². The highest BCUT2D eigenvalue weighted by Gasteiger charge is 2.33. The van der Waals surface area contributed by atoms with Gasteiger partial charge in [-0.05, 0) is 30.9 Å². The molecule has 1 unspecified atom stereocenters. The molecule has 2 heterocycles. The van der Waals surface area contributed by atoms with Crippen molar-refractivity contribution >= 4 is 15.9 Å². The maximum Gasteiger partial charge on any atom is 0.111 e. The SMILES string of the molecule is N#Cc1ccnc(-c2nc[nH]c2C(Br)C2CC2)c1. The second-order valence-electron chi connectivity index (χ2n) is 4.45. The van der Waals surface area contributed by atoms with Crippen LogP contribution < -0.4 is 0 Å². The molecule has 0 saturated heterocycles. The van der Waals surface area contributed by atoms with E-state index in [1.807, 2.05) is 0 Å². The predicted octanol–water partition coefficient (Wildman–Crippen LogP) is 3.19. The molecule has 1 atom stereocenters. The summed E-state index contributed by atoms with van der Waals surface area (Å²) in [5, 5.41) is 8.92. The third-order valence-electron chi connectivity index (χ3n) is 3.11. The molecule has 0 aliphatic heterocycles. The first-order valence-corrected chi connectivity index (χ1v) is 6.75. The Morgan fingerprint density at radius 3 is 3.00 bits per heavy atom. The molecule has 90 valence electrons. The second-order valence-corrected chi connectivity index (χ2v) is 5.43. The number of hydrogen-bond acceptors (Lipinski definition) is 3. The van der Waals surface area contributed by atoms with E-state index in [-0.39, 0.29) is 0 Å². The lowest BCUT2D eigenvalue weighted by Gasteiger charge is -2.08. The van der Waals surface area contributed by atoms with Gasteiger partial charge in [0.05, 0.1) is 34.2 Å². The van der Waals surface area contributed by atoms with Crippen molar-refractivity contribution in [2.45, 2.75) is 17.7 Å². The average Bonchev–Trinajstić information content (AvgIpc) is 3.15. The second kappa shape index (κ2) is 4.54. The van der Waals surface area contributed by atoms with Gasteiger partial charge < -0.3 is 4.98 Å². The van der Waals surface area contributed by atoms with Crippen LogP contribution in [0.25, 0.3) is 11.4 Å². The van der Waals surface area contributed by atoms with Crippen molar-refractivity contribution in [1.29, 1.82) is 5.26 Å². The zero-order valence-electron chi connectivity index (χ0n) is 9.60. The first-order chi connectivity index (χ1) is 8.79. The van der Waals surface area contributed by atoms with Gasteiger partial charge in [-0.3, -0.25) is 4.98 Å². The molecule has 1 N–H and O–H groups in total. The molecular weight excluding hydrogens is 292 g/mol. The third-order valence-corrected chi connectivity index (χ3v) is 4.32. The van der Waals surface area contributed by atoms with Crippen LogP contribution in [0.4, 0.5) is 0 Å². The molecule has 18 heavy (non-hydrogen) atoms. The van der Waals surface area contributed by atoms with Crippen LogP contribution in [0.3, 0.4) is 0 Å². The van der Waals surface area contributed by atoms with Crippen LogP contribution in [0, 0.1) is 17.2 Å². The molecule has 1 aliphatic rings. The number of hydrogen-bond donors (Lipinski definition) is 1. The highest BCUT2D eigenvalue weighted by Crippen LogP contribution is 2.47. The number of alkyl halides is 1. The fourth-order valence-electron chi connectivity index (χ4n) is 1.97. The van der Waals surface area contributed by atoms with E-state index in [1.54, 1.807) is 24.7 Å². The Balaban J connectivity index is 2.01. The molecule has 0 amide bonds. The van der Waals surface area contributed by atoms with Crippen LogP contribution in [0.5, 0.6) is 0 Å². The number of nitrogens with zero attached hydrogens (tertiary/aromatic N) is 3. The predicted molar refractivity (Wildman–Crippen MR) is 70.9 cm³/mol. The number of nitrogens with one attached hydrogen (secondary N) is 1. The summed E-state index contributed by atoms with van der Waals surface area (Å²) >= 11 is 3.71. The monoisotopic (exact) mass is 302 g/mol. The molecular formula is C13H11BrN4. The third kappa shape index (κ3) is 2.04. The lowest BCUT2D eigenvalue weighted by atomic mass is 10.1. The fourth-order valence-corrected chi connectivity index (χ4v) is 2.85. The highest BCUT2D eigenvalue weighted by molar-refractivity contribution is 9.09. The van der Waals surface area contributed by atoms with E-state index in [9.17, 15) is 0 Å². The van der Waals surface area contributed by atoms with Gasteiger partial charge in [0.1, 0.15) is 5.69 Å². The quantitative estimate of drug-likeness (QED) is 0.886. The maximum absolute atomic E-state index is 8.92. The first-order valence-electron chi connectivity index (χ1n) is 5.83. The first kappa shape index (κ1) is 11.4. The minimum Gasteiger partial charge on any atom is -0.347 e. The number of pyridine rings is 1. The van der Waals surface area contributed by atoms with Crippen LogP contribution in [-0.2, 0) is 0 Å². The molecule has 2 aromatic heterocycles. The molecule has 3 rings (SSSR count). The molecule has 2 aromatic rings. The standard InChI is InChI=1S/C13H11BrN4/c14-11(9-1-2-9)13-12(17-7-18-13)10-5-8(6-15)3-4-16-10/h3-5,7,9,11H,1-2H2,(H,17,18). The van der Waals surface area contributed by atoms with Crippen molar-refractivity contribution in [2.75, 3.05) is 0 Å². The largest absolute Gasteiger partial charge is 0.347 e. The number of halogens is 1.